The molecule has 1 N–H and O–H groups in total. The molecule has 0 aliphatic carbocycles. The predicted molar refractivity (Wildman–Crippen MR) is 35.2 cm³/mol. The number of hydrogen-bond donors (Lipinski definition) is 1. The number of nitrogens with one attached hydrogen (secondary N) is 1. The molecule has 1 aliphatic heterocycles. The molecule has 0 radical (unpaired) electrons. The molecule has 0 saturated carbocycles. The van der Waals surface area contributed by atoms with Gasteiger partial charge in [-0.1, -0.05) is 12.8 Å². The van der Waals surface area contributed by atoms with Gasteiger partial charge in [0.1, 0.15) is 0 Å². The molecule has 1 aliphatic rings. The summed E-state index contributed by atoms with van der Waals surface area (Å²) in [5.41, 5.74) is 0. The summed E-state index contributed by atoms with van der Waals surface area (Å²) in [5.74, 6) is 0. The van der Waals surface area contributed by atoms with Gasteiger partial charge in [0.05, 0.1) is 0 Å². The summed E-state index contributed by atoms with van der Waals surface area (Å²) in [6, 6.07) is 0.743. The Balaban J connectivity index is 0.000000640. The van der Waals surface area contributed by atoms with Crippen LogP contribution in [0.1, 0.15) is 12.8 Å². The largest absolute Gasteiger partial charge is 0.662 e. The number of nitrogens with zero attached hydrogens (tertiary/aromatic N) is 1. The molecule has 3 heteroatoms. The molecule has 0 aromatic heterocycles. The Bertz CT molecular complexity index is 62.1. The Hall–Kier alpha value is 0.608. The van der Waals surface area contributed by atoms with Crippen molar-refractivity contribution in [3.05, 3.63) is 5.32 Å². The van der Waals surface area contributed by atoms with Crippen molar-refractivity contribution in [2.75, 3.05) is 20.1 Å². The molecule has 0 unspecified atom stereocenters. The van der Waals surface area contributed by atoms with Crippen LogP contribution in [0.15, 0.2) is 0 Å². The summed E-state index contributed by atoms with van der Waals surface area (Å²) in [6.07, 6.45) is 2.47. The van der Waals surface area contributed by atoms with Crippen LogP contribution in [0.3, 0.4) is 0 Å². The fraction of sp³-hybridized carbons (Fsp3) is 1.00. The maximum absolute atomic E-state index is 4.24. The van der Waals surface area contributed by atoms with E-state index < -0.39 is 0 Å². The Morgan fingerprint density at radius 3 is 2.22 bits per heavy atom. The molecule has 0 spiro atoms. The van der Waals surface area contributed by atoms with E-state index >= 15 is 0 Å². The predicted octanol–water partition coefficient (Wildman–Crippen LogP) is 0.739. The number of hydrogen-bond acceptors (Lipinski definition) is 1. The van der Waals surface area contributed by atoms with Gasteiger partial charge in [-0.15, -0.1) is 13.1 Å². The second-order valence-electron chi connectivity index (χ2n) is 2.23. The van der Waals surface area contributed by atoms with Crippen molar-refractivity contribution in [1.29, 1.82) is 0 Å². The van der Waals surface area contributed by atoms with Crippen LogP contribution >= 0.6 is 0 Å². The van der Waals surface area contributed by atoms with Gasteiger partial charge in [-0.2, -0.15) is 0 Å². The minimum absolute atomic E-state index is 0. The first kappa shape index (κ1) is 9.61. The summed E-state index contributed by atoms with van der Waals surface area (Å²) in [6.45, 7) is 2.12. The van der Waals surface area contributed by atoms with Crippen molar-refractivity contribution in [1.82, 2.24) is 5.32 Å². The van der Waals surface area contributed by atoms with E-state index in [0.717, 1.165) is 19.1 Å². The molecule has 0 amide bonds. The van der Waals surface area contributed by atoms with Gasteiger partial charge >= 0.3 is 0 Å². The van der Waals surface area contributed by atoms with Gasteiger partial charge in [0, 0.05) is 27.1 Å². The SMILES string of the molecule is CNC1CC[N-]CC1.[W]. The van der Waals surface area contributed by atoms with Gasteiger partial charge in [0.2, 0.25) is 0 Å². The molecule has 1 heterocycles. The van der Waals surface area contributed by atoms with E-state index in [9.17, 15) is 0 Å². The van der Waals surface area contributed by atoms with Gasteiger partial charge in [0.15, 0.2) is 0 Å². The van der Waals surface area contributed by atoms with E-state index in [1.54, 1.807) is 0 Å². The van der Waals surface area contributed by atoms with Gasteiger partial charge in [-0.3, -0.25) is 0 Å². The Kier molecular flexibility index (Phi) is 5.76. The molecule has 1 rings (SSSR count). The van der Waals surface area contributed by atoms with E-state index in [2.05, 4.69) is 10.6 Å². The quantitative estimate of drug-likeness (QED) is 0.759. The van der Waals surface area contributed by atoms with Crippen molar-refractivity contribution in [2.24, 2.45) is 0 Å². The minimum Gasteiger partial charge on any atom is -0.662 e. The zero-order valence-corrected chi connectivity index (χ0v) is 8.69. The number of piperidine rings is 1. The average molecular weight is 297 g/mol. The molecule has 0 aromatic rings. The van der Waals surface area contributed by atoms with Crippen molar-refractivity contribution in [3.63, 3.8) is 0 Å². The van der Waals surface area contributed by atoms with Crippen molar-refractivity contribution in [2.45, 2.75) is 18.9 Å². The second kappa shape index (κ2) is 5.40. The number of rotatable bonds is 1. The van der Waals surface area contributed by atoms with Crippen molar-refractivity contribution >= 4 is 0 Å². The maximum Gasteiger partial charge on any atom is 0.00313 e. The first-order valence-corrected chi connectivity index (χ1v) is 3.24. The average Bonchev–Trinajstić information content (AvgIpc) is 1.90. The molecule has 0 aromatic carbocycles. The van der Waals surface area contributed by atoms with Gasteiger partial charge < -0.3 is 10.6 Å². The van der Waals surface area contributed by atoms with Crippen LogP contribution in [0, 0.1) is 0 Å². The third kappa shape index (κ3) is 3.34. The summed E-state index contributed by atoms with van der Waals surface area (Å²) < 4.78 is 0. The molecule has 1 fully saturated rings. The van der Waals surface area contributed by atoms with Crippen molar-refractivity contribution < 1.29 is 21.1 Å². The van der Waals surface area contributed by atoms with E-state index in [-0.39, 0.29) is 21.1 Å². The zero-order chi connectivity index (χ0) is 5.82. The summed E-state index contributed by atoms with van der Waals surface area (Å²) in [5, 5.41) is 7.48. The topological polar surface area (TPSA) is 26.1 Å². The fourth-order valence-corrected chi connectivity index (χ4v) is 1.04. The van der Waals surface area contributed by atoms with Crippen LogP contribution in [0.25, 0.3) is 5.32 Å². The maximum atomic E-state index is 4.24. The van der Waals surface area contributed by atoms with E-state index in [1.165, 1.54) is 12.8 Å². The molecule has 9 heavy (non-hydrogen) atoms. The first-order chi connectivity index (χ1) is 3.93. The summed E-state index contributed by atoms with van der Waals surface area (Å²) >= 11 is 0. The molecular formula is C6H13N2W-. The smallest absolute Gasteiger partial charge is 0.00313 e. The molecular weight excluding hydrogens is 284 g/mol. The van der Waals surface area contributed by atoms with E-state index in [0.29, 0.717) is 0 Å². The molecule has 0 atom stereocenters. The van der Waals surface area contributed by atoms with Gasteiger partial charge in [-0.05, 0) is 7.05 Å². The van der Waals surface area contributed by atoms with Crippen LogP contribution in [-0.2, 0) is 21.1 Å². The third-order valence-corrected chi connectivity index (χ3v) is 1.68. The first-order valence-electron chi connectivity index (χ1n) is 3.24. The Labute approximate surface area is 71.0 Å². The van der Waals surface area contributed by atoms with Crippen molar-refractivity contribution in [3.8, 4) is 0 Å². The van der Waals surface area contributed by atoms with Gasteiger partial charge in [-0.25, -0.2) is 0 Å². The second-order valence-corrected chi connectivity index (χ2v) is 2.23. The van der Waals surface area contributed by atoms with E-state index in [4.69, 9.17) is 0 Å². The summed E-state index contributed by atoms with van der Waals surface area (Å²) in [4.78, 5) is 0. The normalized spacial score (nSPS) is 21.0. The molecule has 1 saturated heterocycles. The van der Waals surface area contributed by atoms with Crippen LogP contribution in [0.5, 0.6) is 0 Å². The fourth-order valence-electron chi connectivity index (χ4n) is 1.04. The summed E-state index contributed by atoms with van der Waals surface area (Å²) in [7, 11) is 2.02. The molecule has 0 bridgehead atoms. The van der Waals surface area contributed by atoms with E-state index in [1.807, 2.05) is 7.05 Å². The van der Waals surface area contributed by atoms with Crippen LogP contribution < -0.4 is 5.32 Å². The molecule has 54 valence electrons. The Morgan fingerprint density at radius 1 is 1.33 bits per heavy atom. The standard InChI is InChI=1S/C6H13N2.W/c1-7-6-2-4-8-5-3-6;/h6-7H,2-5H2,1H3;/q-1;. The monoisotopic (exact) mass is 297 g/mol. The van der Waals surface area contributed by atoms with Crippen LogP contribution in [-0.4, -0.2) is 26.2 Å². The van der Waals surface area contributed by atoms with Crippen LogP contribution in [0.2, 0.25) is 0 Å². The molecule has 2 nitrogen and oxygen atoms in total. The zero-order valence-electron chi connectivity index (χ0n) is 5.76. The van der Waals surface area contributed by atoms with Gasteiger partial charge in [0.25, 0.3) is 0 Å². The third-order valence-electron chi connectivity index (χ3n) is 1.68. The Morgan fingerprint density at radius 2 is 1.89 bits per heavy atom. The minimum atomic E-state index is 0. The van der Waals surface area contributed by atoms with Crippen LogP contribution in [0.4, 0.5) is 0 Å².